The van der Waals surface area contributed by atoms with Crippen LogP contribution >= 0.6 is 0 Å². The first-order chi connectivity index (χ1) is 13.8. The molecule has 0 saturated carbocycles. The zero-order chi connectivity index (χ0) is 21.3. The fraction of sp³-hybridized carbons (Fsp3) is 0.391. The molecular formula is C23H30N2O4. The van der Waals surface area contributed by atoms with Crippen LogP contribution in [0.3, 0.4) is 0 Å². The van der Waals surface area contributed by atoms with Gasteiger partial charge < -0.3 is 20.1 Å². The summed E-state index contributed by atoms with van der Waals surface area (Å²) in [6.07, 6.45) is 1.78. The number of rotatable bonds is 10. The topological polar surface area (TPSA) is 76.7 Å². The summed E-state index contributed by atoms with van der Waals surface area (Å²) in [5.74, 6) is 0.953. The standard InChI is InChI=1S/C23H30N2O4/c1-5-15-28-19-11-13-20(14-12-19)29-16-21(26)24-18-9-7-17(8-10-18)22(27)25-23(3,4)6-2/h7-14H,5-6,15-16H2,1-4H3,(H,24,26)(H,25,27). The molecule has 0 atom stereocenters. The van der Waals surface area contributed by atoms with Crippen LogP contribution in [0.2, 0.25) is 0 Å². The molecule has 29 heavy (non-hydrogen) atoms. The van der Waals surface area contributed by atoms with Crippen molar-refractivity contribution in [3.05, 3.63) is 54.1 Å². The summed E-state index contributed by atoms with van der Waals surface area (Å²) >= 11 is 0. The van der Waals surface area contributed by atoms with Crippen LogP contribution < -0.4 is 20.1 Å². The van der Waals surface area contributed by atoms with Gasteiger partial charge in [-0.2, -0.15) is 0 Å². The van der Waals surface area contributed by atoms with Crippen molar-refractivity contribution in [2.24, 2.45) is 0 Å². The average molecular weight is 399 g/mol. The number of carbonyl (C=O) groups is 2. The molecule has 2 amide bonds. The molecule has 2 aromatic rings. The Morgan fingerprint density at radius 3 is 2.03 bits per heavy atom. The number of hydrogen-bond donors (Lipinski definition) is 2. The number of carbonyl (C=O) groups excluding carboxylic acids is 2. The molecule has 0 aliphatic rings. The van der Waals surface area contributed by atoms with Crippen molar-refractivity contribution in [1.29, 1.82) is 0 Å². The lowest BCUT2D eigenvalue weighted by Crippen LogP contribution is -2.42. The van der Waals surface area contributed by atoms with Gasteiger partial charge in [-0.3, -0.25) is 9.59 Å². The van der Waals surface area contributed by atoms with E-state index in [2.05, 4.69) is 10.6 Å². The third-order valence-corrected chi connectivity index (χ3v) is 4.43. The van der Waals surface area contributed by atoms with Crippen LogP contribution in [0.1, 0.15) is 50.9 Å². The van der Waals surface area contributed by atoms with Gasteiger partial charge in [-0.15, -0.1) is 0 Å². The molecule has 0 bridgehead atoms. The van der Waals surface area contributed by atoms with Crippen LogP contribution in [0.25, 0.3) is 0 Å². The maximum atomic E-state index is 12.3. The molecule has 2 aromatic carbocycles. The second kappa shape index (κ2) is 10.5. The average Bonchev–Trinajstić information content (AvgIpc) is 2.71. The molecule has 0 heterocycles. The summed E-state index contributed by atoms with van der Waals surface area (Å²) < 4.78 is 11.0. The second-order valence-corrected chi connectivity index (χ2v) is 7.43. The molecule has 6 heteroatoms. The van der Waals surface area contributed by atoms with Gasteiger partial charge in [0.05, 0.1) is 6.61 Å². The summed E-state index contributed by atoms with van der Waals surface area (Å²) in [6.45, 7) is 8.58. The summed E-state index contributed by atoms with van der Waals surface area (Å²) in [6, 6.07) is 13.9. The van der Waals surface area contributed by atoms with Gasteiger partial charge in [-0.05, 0) is 75.2 Å². The Kier molecular flexibility index (Phi) is 8.07. The van der Waals surface area contributed by atoms with E-state index >= 15 is 0 Å². The Bertz CT molecular complexity index is 799. The first-order valence-corrected chi connectivity index (χ1v) is 9.91. The fourth-order valence-corrected chi connectivity index (χ4v) is 2.37. The van der Waals surface area contributed by atoms with Crippen LogP contribution in [0, 0.1) is 0 Å². The minimum absolute atomic E-state index is 0.109. The molecule has 0 aliphatic heterocycles. The number of amides is 2. The van der Waals surface area contributed by atoms with Crippen molar-refractivity contribution in [2.75, 3.05) is 18.5 Å². The number of benzene rings is 2. The third kappa shape index (κ3) is 7.49. The van der Waals surface area contributed by atoms with E-state index in [0.717, 1.165) is 18.6 Å². The lowest BCUT2D eigenvalue weighted by atomic mass is 10.0. The van der Waals surface area contributed by atoms with Gasteiger partial charge in [-0.25, -0.2) is 0 Å². The van der Waals surface area contributed by atoms with E-state index in [0.29, 0.717) is 23.6 Å². The van der Waals surface area contributed by atoms with E-state index in [1.54, 1.807) is 36.4 Å². The van der Waals surface area contributed by atoms with E-state index in [4.69, 9.17) is 9.47 Å². The van der Waals surface area contributed by atoms with Gasteiger partial charge >= 0.3 is 0 Å². The number of nitrogens with one attached hydrogen (secondary N) is 2. The van der Waals surface area contributed by atoms with Gasteiger partial charge in [0.2, 0.25) is 0 Å². The van der Waals surface area contributed by atoms with Crippen LogP contribution in [0.15, 0.2) is 48.5 Å². The van der Waals surface area contributed by atoms with Gasteiger partial charge in [0, 0.05) is 16.8 Å². The summed E-state index contributed by atoms with van der Waals surface area (Å²) in [4.78, 5) is 24.4. The van der Waals surface area contributed by atoms with Crippen LogP contribution in [-0.2, 0) is 4.79 Å². The Hall–Kier alpha value is -3.02. The number of anilines is 1. The van der Waals surface area contributed by atoms with Crippen molar-refractivity contribution >= 4 is 17.5 Å². The molecule has 0 fully saturated rings. The van der Waals surface area contributed by atoms with Gasteiger partial charge in [0.15, 0.2) is 6.61 Å². The molecule has 0 spiro atoms. The zero-order valence-electron chi connectivity index (χ0n) is 17.6. The van der Waals surface area contributed by atoms with Crippen LogP contribution in [0.5, 0.6) is 11.5 Å². The number of hydrogen-bond acceptors (Lipinski definition) is 4. The van der Waals surface area contributed by atoms with Crippen molar-refractivity contribution in [3.8, 4) is 11.5 Å². The predicted octanol–water partition coefficient (Wildman–Crippen LogP) is 4.41. The summed E-state index contributed by atoms with van der Waals surface area (Å²) in [7, 11) is 0. The molecule has 0 saturated heterocycles. The molecule has 0 aromatic heterocycles. The molecule has 6 nitrogen and oxygen atoms in total. The van der Waals surface area contributed by atoms with Crippen molar-refractivity contribution in [1.82, 2.24) is 5.32 Å². The van der Waals surface area contributed by atoms with Gasteiger partial charge in [0.1, 0.15) is 11.5 Å². The first kappa shape index (κ1) is 22.3. The highest BCUT2D eigenvalue weighted by atomic mass is 16.5. The highest BCUT2D eigenvalue weighted by Gasteiger charge is 2.18. The molecule has 156 valence electrons. The molecular weight excluding hydrogens is 368 g/mol. The van der Waals surface area contributed by atoms with E-state index < -0.39 is 0 Å². The van der Waals surface area contributed by atoms with Crippen LogP contribution in [-0.4, -0.2) is 30.6 Å². The Morgan fingerprint density at radius 2 is 1.48 bits per heavy atom. The molecule has 2 rings (SSSR count). The van der Waals surface area contributed by atoms with Crippen molar-refractivity contribution in [2.45, 2.75) is 46.1 Å². The van der Waals surface area contributed by atoms with Crippen molar-refractivity contribution in [3.63, 3.8) is 0 Å². The van der Waals surface area contributed by atoms with E-state index in [1.807, 2.05) is 39.8 Å². The first-order valence-electron chi connectivity index (χ1n) is 9.91. The number of ether oxygens (including phenoxy) is 2. The molecule has 0 aliphatic carbocycles. The molecule has 0 unspecified atom stereocenters. The monoisotopic (exact) mass is 398 g/mol. The van der Waals surface area contributed by atoms with Gasteiger partial charge in [0.25, 0.3) is 11.8 Å². The maximum Gasteiger partial charge on any atom is 0.262 e. The molecule has 0 radical (unpaired) electrons. The molecule has 2 N–H and O–H groups in total. The van der Waals surface area contributed by atoms with E-state index in [1.165, 1.54) is 0 Å². The van der Waals surface area contributed by atoms with Crippen molar-refractivity contribution < 1.29 is 19.1 Å². The predicted molar refractivity (Wildman–Crippen MR) is 115 cm³/mol. The lowest BCUT2D eigenvalue weighted by Gasteiger charge is -2.24. The van der Waals surface area contributed by atoms with Crippen LogP contribution in [0.4, 0.5) is 5.69 Å². The largest absolute Gasteiger partial charge is 0.494 e. The summed E-state index contributed by atoms with van der Waals surface area (Å²) in [5.41, 5.74) is 0.890. The fourth-order valence-electron chi connectivity index (χ4n) is 2.37. The quantitative estimate of drug-likeness (QED) is 0.621. The zero-order valence-corrected chi connectivity index (χ0v) is 17.6. The maximum absolute atomic E-state index is 12.3. The highest BCUT2D eigenvalue weighted by Crippen LogP contribution is 2.18. The SMILES string of the molecule is CCCOc1ccc(OCC(=O)Nc2ccc(C(=O)NC(C)(C)CC)cc2)cc1. The Labute approximate surface area is 172 Å². The normalized spacial score (nSPS) is 10.9. The smallest absolute Gasteiger partial charge is 0.262 e. The van der Waals surface area contributed by atoms with E-state index in [9.17, 15) is 9.59 Å². The minimum atomic E-state index is -0.277. The highest BCUT2D eigenvalue weighted by molar-refractivity contribution is 5.96. The summed E-state index contributed by atoms with van der Waals surface area (Å²) in [5, 5.41) is 5.74. The lowest BCUT2D eigenvalue weighted by molar-refractivity contribution is -0.118. The second-order valence-electron chi connectivity index (χ2n) is 7.43. The Morgan fingerprint density at radius 1 is 0.897 bits per heavy atom. The minimum Gasteiger partial charge on any atom is -0.494 e. The third-order valence-electron chi connectivity index (χ3n) is 4.43. The van der Waals surface area contributed by atoms with Gasteiger partial charge in [-0.1, -0.05) is 13.8 Å². The Balaban J connectivity index is 1.82. The van der Waals surface area contributed by atoms with E-state index in [-0.39, 0.29) is 24.0 Å².